The number of benzene rings is 2. The summed E-state index contributed by atoms with van der Waals surface area (Å²) < 4.78 is 46.3. The molecule has 0 aliphatic heterocycles. The quantitative estimate of drug-likeness (QED) is 0.492. The monoisotopic (exact) mass is 389 g/mol. The molecular formula is C22H22F3NO2. The van der Waals surface area contributed by atoms with Crippen molar-refractivity contribution < 1.29 is 22.7 Å². The van der Waals surface area contributed by atoms with Crippen molar-refractivity contribution in [3.05, 3.63) is 65.4 Å². The molecule has 1 aromatic heterocycles. The fraction of sp³-hybridized carbons (Fsp3) is 0.318. The second-order valence-corrected chi connectivity index (χ2v) is 7.12. The number of aromatic nitrogens is 1. The number of carbonyl (C=O) groups excluding carboxylic acids is 1. The molecule has 0 N–H and O–H groups in total. The molecule has 0 radical (unpaired) electrons. The number of fused-ring (bicyclic) bond motifs is 1. The third-order valence-corrected chi connectivity index (χ3v) is 4.67. The number of rotatable bonds is 6. The van der Waals surface area contributed by atoms with Crippen LogP contribution in [0.15, 0.2) is 48.7 Å². The Labute approximate surface area is 161 Å². The SMILES string of the molecule is Cc1ccc(C(C)C)c(OCCn2cc(C(=O)C(F)(F)F)c3ccccc32)c1. The molecule has 0 spiro atoms. The number of aryl methyl sites for hydroxylation is 1. The van der Waals surface area contributed by atoms with Gasteiger partial charge in [-0.2, -0.15) is 13.2 Å². The van der Waals surface area contributed by atoms with Gasteiger partial charge in [0, 0.05) is 17.1 Å². The summed E-state index contributed by atoms with van der Waals surface area (Å²) in [5.74, 6) is -0.763. The Morgan fingerprint density at radius 1 is 1.14 bits per heavy atom. The highest BCUT2D eigenvalue weighted by Gasteiger charge is 2.40. The van der Waals surface area contributed by atoms with Crippen molar-refractivity contribution in [3.63, 3.8) is 0 Å². The van der Waals surface area contributed by atoms with Crippen LogP contribution in [0, 0.1) is 6.92 Å². The molecule has 0 aliphatic carbocycles. The summed E-state index contributed by atoms with van der Waals surface area (Å²) in [6, 6.07) is 12.6. The number of para-hydroxylation sites is 1. The van der Waals surface area contributed by atoms with Gasteiger partial charge in [0.2, 0.25) is 0 Å². The summed E-state index contributed by atoms with van der Waals surface area (Å²) in [5.41, 5.74) is 2.40. The van der Waals surface area contributed by atoms with Crippen LogP contribution in [0.5, 0.6) is 5.75 Å². The van der Waals surface area contributed by atoms with Gasteiger partial charge in [-0.1, -0.05) is 44.2 Å². The Kier molecular flexibility index (Phi) is 5.49. The molecule has 0 saturated heterocycles. The van der Waals surface area contributed by atoms with E-state index in [2.05, 4.69) is 13.8 Å². The Hall–Kier alpha value is -2.76. The third kappa shape index (κ3) is 4.06. The lowest BCUT2D eigenvalue weighted by molar-refractivity contribution is -0.0884. The van der Waals surface area contributed by atoms with E-state index < -0.39 is 12.0 Å². The zero-order chi connectivity index (χ0) is 20.5. The smallest absolute Gasteiger partial charge is 0.454 e. The molecule has 28 heavy (non-hydrogen) atoms. The summed E-state index contributed by atoms with van der Waals surface area (Å²) in [4.78, 5) is 11.8. The summed E-state index contributed by atoms with van der Waals surface area (Å²) >= 11 is 0. The first-order valence-corrected chi connectivity index (χ1v) is 9.11. The first-order chi connectivity index (χ1) is 13.2. The minimum Gasteiger partial charge on any atom is -0.491 e. The van der Waals surface area contributed by atoms with Crippen molar-refractivity contribution in [2.24, 2.45) is 0 Å². The van der Waals surface area contributed by atoms with Gasteiger partial charge in [-0.3, -0.25) is 4.79 Å². The lowest BCUT2D eigenvalue weighted by atomic mass is 10.0. The average molecular weight is 389 g/mol. The molecule has 148 valence electrons. The van der Waals surface area contributed by atoms with Crippen molar-refractivity contribution in [2.75, 3.05) is 6.61 Å². The number of carbonyl (C=O) groups is 1. The van der Waals surface area contributed by atoms with Crippen molar-refractivity contribution in [2.45, 2.75) is 39.4 Å². The van der Waals surface area contributed by atoms with E-state index in [0.29, 0.717) is 23.4 Å². The van der Waals surface area contributed by atoms with E-state index in [1.807, 2.05) is 25.1 Å². The molecule has 1 heterocycles. The zero-order valence-electron chi connectivity index (χ0n) is 16.0. The lowest BCUT2D eigenvalue weighted by Crippen LogP contribution is -2.22. The molecule has 0 aliphatic rings. The van der Waals surface area contributed by atoms with Crippen molar-refractivity contribution in [3.8, 4) is 5.75 Å². The van der Waals surface area contributed by atoms with Crippen LogP contribution in [-0.4, -0.2) is 23.1 Å². The van der Waals surface area contributed by atoms with E-state index in [-0.39, 0.29) is 12.2 Å². The van der Waals surface area contributed by atoms with Crippen LogP contribution >= 0.6 is 0 Å². The van der Waals surface area contributed by atoms with Crippen LogP contribution < -0.4 is 4.74 Å². The van der Waals surface area contributed by atoms with Gasteiger partial charge in [-0.05, 0) is 36.1 Å². The van der Waals surface area contributed by atoms with E-state index in [1.54, 1.807) is 22.8 Å². The normalized spacial score (nSPS) is 12.0. The minimum absolute atomic E-state index is 0.279. The Morgan fingerprint density at radius 3 is 2.54 bits per heavy atom. The third-order valence-electron chi connectivity index (χ3n) is 4.67. The number of ketones is 1. The van der Waals surface area contributed by atoms with E-state index in [9.17, 15) is 18.0 Å². The van der Waals surface area contributed by atoms with E-state index >= 15 is 0 Å². The molecule has 6 heteroatoms. The molecule has 0 saturated carbocycles. The number of Topliss-reactive ketones (excluding diaryl/α,β-unsaturated/α-hetero) is 1. The van der Waals surface area contributed by atoms with Gasteiger partial charge in [0.15, 0.2) is 0 Å². The van der Waals surface area contributed by atoms with E-state index in [4.69, 9.17) is 4.74 Å². The van der Waals surface area contributed by atoms with Crippen LogP contribution in [-0.2, 0) is 6.54 Å². The maximum atomic E-state index is 12.9. The second-order valence-electron chi connectivity index (χ2n) is 7.12. The first kappa shape index (κ1) is 20.0. The van der Waals surface area contributed by atoms with Gasteiger partial charge >= 0.3 is 6.18 Å². The number of halogens is 3. The van der Waals surface area contributed by atoms with Gasteiger partial charge in [-0.25, -0.2) is 0 Å². The highest BCUT2D eigenvalue weighted by molar-refractivity contribution is 6.10. The molecular weight excluding hydrogens is 367 g/mol. The number of hydrogen-bond donors (Lipinski definition) is 0. The molecule has 3 nitrogen and oxygen atoms in total. The lowest BCUT2D eigenvalue weighted by Gasteiger charge is -2.15. The van der Waals surface area contributed by atoms with Gasteiger partial charge in [0.05, 0.1) is 12.1 Å². The van der Waals surface area contributed by atoms with Gasteiger partial charge < -0.3 is 9.30 Å². The van der Waals surface area contributed by atoms with Gasteiger partial charge in [0.25, 0.3) is 5.78 Å². The Bertz CT molecular complexity index is 1000. The second kappa shape index (κ2) is 7.70. The highest BCUT2D eigenvalue weighted by atomic mass is 19.4. The van der Waals surface area contributed by atoms with Crippen LogP contribution in [0.2, 0.25) is 0 Å². The van der Waals surface area contributed by atoms with Gasteiger partial charge in [-0.15, -0.1) is 0 Å². The molecule has 0 fully saturated rings. The topological polar surface area (TPSA) is 31.2 Å². The molecule has 0 bridgehead atoms. The van der Waals surface area contributed by atoms with E-state index in [1.165, 1.54) is 12.3 Å². The van der Waals surface area contributed by atoms with Gasteiger partial charge in [0.1, 0.15) is 12.4 Å². The molecule has 3 aromatic rings. The highest BCUT2D eigenvalue weighted by Crippen LogP contribution is 2.30. The zero-order valence-corrected chi connectivity index (χ0v) is 16.0. The predicted octanol–water partition coefficient (Wildman–Crippen LogP) is 5.90. The molecule has 0 atom stereocenters. The Balaban J connectivity index is 1.85. The summed E-state index contributed by atoms with van der Waals surface area (Å²) in [7, 11) is 0. The molecule has 3 rings (SSSR count). The molecule has 0 amide bonds. The number of alkyl halides is 3. The molecule has 2 aromatic carbocycles. The van der Waals surface area contributed by atoms with E-state index in [0.717, 1.165) is 16.9 Å². The Morgan fingerprint density at radius 2 is 1.86 bits per heavy atom. The maximum Gasteiger partial charge on any atom is 0.454 e. The summed E-state index contributed by atoms with van der Waals surface area (Å²) in [6.07, 6.45) is -3.64. The van der Waals surface area contributed by atoms with Crippen LogP contribution in [0.4, 0.5) is 13.2 Å². The van der Waals surface area contributed by atoms with Crippen molar-refractivity contribution in [1.82, 2.24) is 4.57 Å². The van der Waals surface area contributed by atoms with Crippen LogP contribution in [0.1, 0.15) is 41.3 Å². The van der Waals surface area contributed by atoms with Crippen LogP contribution in [0.25, 0.3) is 10.9 Å². The number of hydrogen-bond acceptors (Lipinski definition) is 2. The first-order valence-electron chi connectivity index (χ1n) is 9.11. The minimum atomic E-state index is -4.90. The fourth-order valence-corrected chi connectivity index (χ4v) is 3.26. The van der Waals surface area contributed by atoms with Crippen LogP contribution in [0.3, 0.4) is 0 Å². The average Bonchev–Trinajstić information content (AvgIpc) is 2.99. The molecule has 0 unspecified atom stereocenters. The number of ether oxygens (including phenoxy) is 1. The predicted molar refractivity (Wildman–Crippen MR) is 103 cm³/mol. The number of nitrogens with zero attached hydrogens (tertiary/aromatic N) is 1. The van der Waals surface area contributed by atoms with Crippen molar-refractivity contribution >= 4 is 16.7 Å². The fourth-order valence-electron chi connectivity index (χ4n) is 3.26. The summed E-state index contributed by atoms with van der Waals surface area (Å²) in [6.45, 7) is 6.74. The van der Waals surface area contributed by atoms with Crippen molar-refractivity contribution in [1.29, 1.82) is 0 Å². The standard InChI is InChI=1S/C22H22F3NO2/c1-14(2)16-9-8-15(3)12-20(16)28-11-10-26-13-18(21(27)22(23,24)25)17-6-4-5-7-19(17)26/h4-9,12-14H,10-11H2,1-3H3. The largest absolute Gasteiger partial charge is 0.491 e. The summed E-state index contributed by atoms with van der Waals surface area (Å²) in [5, 5.41) is 0.295. The maximum absolute atomic E-state index is 12.9.